The molecule has 0 fully saturated rings. The van der Waals surface area contributed by atoms with E-state index in [-0.39, 0.29) is 31.3 Å². The van der Waals surface area contributed by atoms with Crippen LogP contribution in [0.5, 0.6) is 0 Å². The number of aryl methyl sites for hydroxylation is 1. The van der Waals surface area contributed by atoms with Crippen LogP contribution in [0.15, 0.2) is 130 Å². The smallest absolute Gasteiger partial charge is 0.416 e. The molecule has 0 aliphatic heterocycles. The number of aromatic nitrogens is 2. The van der Waals surface area contributed by atoms with Crippen LogP contribution in [0, 0.1) is 19.0 Å². The van der Waals surface area contributed by atoms with Gasteiger partial charge in [0.15, 0.2) is 0 Å². The normalized spacial score (nSPS) is 12.8. The van der Waals surface area contributed by atoms with E-state index in [9.17, 15) is 13.2 Å². The monoisotopic (exact) mass is 816 g/mol. The van der Waals surface area contributed by atoms with Gasteiger partial charge in [-0.25, -0.2) is 0 Å². The van der Waals surface area contributed by atoms with Crippen LogP contribution in [0.25, 0.3) is 77.2 Å². The van der Waals surface area contributed by atoms with Gasteiger partial charge in [-0.05, 0) is 66.8 Å². The van der Waals surface area contributed by atoms with E-state index in [4.69, 9.17) is 12.9 Å². The number of halogens is 3. The fraction of sp³-hybridized carbons (Fsp3) is 0.0500. The van der Waals surface area contributed by atoms with Gasteiger partial charge in [0.05, 0.1) is 11.1 Å². The van der Waals surface area contributed by atoms with E-state index in [1.54, 1.807) is 12.3 Å². The van der Waals surface area contributed by atoms with Crippen molar-refractivity contribution in [1.29, 1.82) is 0 Å². The third-order valence-electron chi connectivity index (χ3n) is 8.02. The molecule has 9 aromatic rings. The van der Waals surface area contributed by atoms with Crippen LogP contribution in [0.4, 0.5) is 13.2 Å². The van der Waals surface area contributed by atoms with Crippen LogP contribution in [-0.4, -0.2) is 9.97 Å². The Kier molecular flexibility index (Phi) is 7.16. The van der Waals surface area contributed by atoms with Crippen LogP contribution >= 0.6 is 0 Å². The summed E-state index contributed by atoms with van der Waals surface area (Å²) in [5.74, 6) is 0. The SMILES string of the molecule is [2H]C([2H])([2H])c1ccnc(-c2[c-]ccc3c2oc2c3ccc3c2ccc2c4ccc(C(F)(F)F)cc4oc23)c1.[Ir].[c-]1ccccc1-c1ccccn1. The fourth-order valence-electron chi connectivity index (χ4n) is 5.85. The van der Waals surface area contributed by atoms with Gasteiger partial charge < -0.3 is 18.8 Å². The van der Waals surface area contributed by atoms with Crippen LogP contribution in [0.3, 0.4) is 0 Å². The van der Waals surface area contributed by atoms with Crippen molar-refractivity contribution in [2.24, 2.45) is 0 Å². The van der Waals surface area contributed by atoms with Crippen molar-refractivity contribution in [3.63, 3.8) is 0 Å². The first-order valence-electron chi connectivity index (χ1n) is 16.1. The zero-order valence-corrected chi connectivity index (χ0v) is 27.1. The number of nitrogens with zero attached hydrogens (tertiary/aromatic N) is 2. The van der Waals surface area contributed by atoms with Gasteiger partial charge in [-0.2, -0.15) is 13.2 Å². The van der Waals surface area contributed by atoms with Crippen LogP contribution in [0.2, 0.25) is 0 Å². The van der Waals surface area contributed by atoms with Crippen molar-refractivity contribution in [2.75, 3.05) is 0 Å². The van der Waals surface area contributed by atoms with Crippen LogP contribution in [-0.2, 0) is 26.3 Å². The van der Waals surface area contributed by atoms with E-state index in [0.717, 1.165) is 39.5 Å². The quantitative estimate of drug-likeness (QED) is 0.163. The third kappa shape index (κ3) is 5.53. The molecule has 0 bridgehead atoms. The van der Waals surface area contributed by atoms with Crippen molar-refractivity contribution in [1.82, 2.24) is 9.97 Å². The Bertz CT molecular complexity index is 2650. The van der Waals surface area contributed by atoms with E-state index in [2.05, 4.69) is 22.1 Å². The number of benzene rings is 5. The molecule has 0 atom stereocenters. The zero-order chi connectivity index (χ0) is 34.6. The Labute approximate surface area is 290 Å². The Morgan fingerprint density at radius 1 is 0.625 bits per heavy atom. The van der Waals surface area contributed by atoms with Crippen LogP contribution < -0.4 is 0 Å². The molecule has 0 aliphatic carbocycles. The summed E-state index contributed by atoms with van der Waals surface area (Å²) in [5.41, 5.74) is 4.06. The summed E-state index contributed by atoms with van der Waals surface area (Å²) in [6, 6.07) is 37.4. The van der Waals surface area contributed by atoms with Gasteiger partial charge in [0.25, 0.3) is 0 Å². The van der Waals surface area contributed by atoms with E-state index in [0.29, 0.717) is 44.2 Å². The molecule has 1 radical (unpaired) electrons. The Morgan fingerprint density at radius 3 is 2.00 bits per heavy atom. The summed E-state index contributed by atoms with van der Waals surface area (Å²) < 4.78 is 75.2. The van der Waals surface area contributed by atoms with Crippen molar-refractivity contribution in [3.8, 4) is 22.5 Å². The van der Waals surface area contributed by atoms with Crippen LogP contribution in [0.1, 0.15) is 15.2 Å². The number of alkyl halides is 3. The summed E-state index contributed by atoms with van der Waals surface area (Å²) in [4.78, 5) is 8.58. The van der Waals surface area contributed by atoms with Gasteiger partial charge in [-0.3, -0.25) is 0 Å². The zero-order valence-electron chi connectivity index (χ0n) is 27.7. The molecule has 0 saturated heterocycles. The molecule has 4 nitrogen and oxygen atoms in total. The minimum Gasteiger partial charge on any atom is -0.500 e. The summed E-state index contributed by atoms with van der Waals surface area (Å²) in [5, 5.41) is 4.36. The molecule has 0 amide bonds. The fourth-order valence-corrected chi connectivity index (χ4v) is 5.85. The Balaban J connectivity index is 0.000000265. The average molecular weight is 816 g/mol. The summed E-state index contributed by atoms with van der Waals surface area (Å²) >= 11 is 0. The van der Waals surface area contributed by atoms with Gasteiger partial charge in [-0.15, -0.1) is 54.1 Å². The molecule has 0 aliphatic rings. The summed E-state index contributed by atoms with van der Waals surface area (Å²) in [6.07, 6.45) is -1.23. The molecule has 237 valence electrons. The van der Waals surface area contributed by atoms with Gasteiger partial charge in [-0.1, -0.05) is 40.8 Å². The number of pyridine rings is 2. The molecule has 9 rings (SSSR count). The molecule has 4 aromatic heterocycles. The van der Waals surface area contributed by atoms with E-state index >= 15 is 0 Å². The standard InChI is InChI=1S/C29H15F3NO2.C11H8N.Ir/c1-15-11-12-33-24(13-15)23-4-2-3-18-20-9-10-21-22(27(20)35-28(18)23)8-7-19-17-6-5-16(29(30,31)32)14-25(17)34-26(19)21;1-2-6-10(7-3-1)11-8-4-5-9-12-11;/h2-3,5-14H,1H3;1-6,8-9H;/q2*-1;/i1D3;;. The number of hydrogen-bond acceptors (Lipinski definition) is 4. The van der Waals surface area contributed by atoms with E-state index in [1.807, 2.05) is 72.8 Å². The van der Waals surface area contributed by atoms with Gasteiger partial charge in [0.2, 0.25) is 0 Å². The molecule has 0 saturated carbocycles. The Hall–Kier alpha value is -5.30. The first-order chi connectivity index (χ1) is 24.1. The predicted molar refractivity (Wildman–Crippen MR) is 179 cm³/mol. The first-order valence-corrected chi connectivity index (χ1v) is 14.6. The van der Waals surface area contributed by atoms with Gasteiger partial charge >= 0.3 is 6.18 Å². The second-order valence-electron chi connectivity index (χ2n) is 10.9. The number of hydrogen-bond donors (Lipinski definition) is 0. The topological polar surface area (TPSA) is 52.1 Å². The molecular weight excluding hydrogens is 790 g/mol. The van der Waals surface area contributed by atoms with Crippen molar-refractivity contribution in [3.05, 3.63) is 145 Å². The molecule has 0 unspecified atom stereocenters. The number of rotatable bonds is 2. The summed E-state index contributed by atoms with van der Waals surface area (Å²) in [6.45, 7) is -2.28. The second-order valence-corrected chi connectivity index (χ2v) is 10.9. The maximum atomic E-state index is 13.2. The maximum absolute atomic E-state index is 13.2. The average Bonchev–Trinajstić information content (AvgIpc) is 3.70. The molecular formula is C40H23F3IrN2O2-2. The van der Waals surface area contributed by atoms with Crippen molar-refractivity contribution >= 4 is 54.6 Å². The molecule has 8 heteroatoms. The maximum Gasteiger partial charge on any atom is 0.416 e. The minimum absolute atomic E-state index is 0. The van der Waals surface area contributed by atoms with Gasteiger partial charge in [0, 0.05) is 63.5 Å². The van der Waals surface area contributed by atoms with Gasteiger partial charge in [0.1, 0.15) is 16.7 Å². The van der Waals surface area contributed by atoms with E-state index in [1.165, 1.54) is 24.4 Å². The molecule has 0 N–H and O–H groups in total. The number of fused-ring (bicyclic) bond motifs is 9. The van der Waals surface area contributed by atoms with E-state index < -0.39 is 18.6 Å². The molecule has 0 spiro atoms. The molecule has 4 heterocycles. The Morgan fingerprint density at radius 2 is 1.31 bits per heavy atom. The largest absolute Gasteiger partial charge is 0.500 e. The second kappa shape index (κ2) is 12.4. The third-order valence-corrected chi connectivity index (χ3v) is 8.02. The number of furan rings is 2. The molecule has 5 aromatic carbocycles. The minimum atomic E-state index is -4.47. The summed E-state index contributed by atoms with van der Waals surface area (Å²) in [7, 11) is 0. The van der Waals surface area contributed by atoms with Crippen molar-refractivity contribution < 1.29 is 46.2 Å². The van der Waals surface area contributed by atoms with Crippen molar-refractivity contribution in [2.45, 2.75) is 13.0 Å². The molecule has 48 heavy (non-hydrogen) atoms. The predicted octanol–water partition coefficient (Wildman–Crippen LogP) is 11.4. The first kappa shape index (κ1) is 27.8.